The highest BCUT2D eigenvalue weighted by atomic mass is 35.5. The van der Waals surface area contributed by atoms with E-state index in [1.165, 1.54) is 4.88 Å². The quantitative estimate of drug-likeness (QED) is 0.623. The number of aromatic amines is 1. The molecule has 0 radical (unpaired) electrons. The van der Waals surface area contributed by atoms with Gasteiger partial charge in [-0.1, -0.05) is 0 Å². The number of nitrogens with two attached hydrogens (primary N) is 1. The highest BCUT2D eigenvalue weighted by molar-refractivity contribution is 7.19. The number of aromatic nitrogens is 4. The summed E-state index contributed by atoms with van der Waals surface area (Å²) in [5.41, 5.74) is 7.94. The molecule has 0 fully saturated rings. The molecule has 3 aromatic heterocycles. The van der Waals surface area contributed by atoms with Gasteiger partial charge >= 0.3 is 0 Å². The topological polar surface area (TPSA) is 92.5 Å². The fourth-order valence-electron chi connectivity index (χ4n) is 2.27. The molecule has 22 heavy (non-hydrogen) atoms. The maximum Gasteiger partial charge on any atom is 0.224 e. The van der Waals surface area contributed by atoms with E-state index >= 15 is 0 Å². The number of thiophene rings is 1. The number of fused-ring (bicyclic) bond motifs is 1. The van der Waals surface area contributed by atoms with Crippen molar-refractivity contribution in [3.63, 3.8) is 0 Å². The predicted octanol–water partition coefficient (Wildman–Crippen LogP) is 2.88. The fraction of sp³-hybridized carbons (Fsp3) is 0.357. The van der Waals surface area contributed by atoms with Crippen LogP contribution in [0.1, 0.15) is 23.2 Å². The van der Waals surface area contributed by atoms with Gasteiger partial charge < -0.3 is 16.0 Å². The van der Waals surface area contributed by atoms with Gasteiger partial charge in [-0.3, -0.25) is 0 Å². The number of imidazole rings is 1. The Bertz CT molecular complexity index is 780. The number of hydrogen-bond acceptors (Lipinski definition) is 6. The zero-order chi connectivity index (χ0) is 15.7. The van der Waals surface area contributed by atoms with Gasteiger partial charge in [0, 0.05) is 23.3 Å². The van der Waals surface area contributed by atoms with Gasteiger partial charge in [0.15, 0.2) is 0 Å². The Balaban J connectivity index is 1.98. The third-order valence-electron chi connectivity index (χ3n) is 3.32. The zero-order valence-corrected chi connectivity index (χ0v) is 13.9. The van der Waals surface area contributed by atoms with Crippen LogP contribution in [0.25, 0.3) is 10.2 Å². The minimum atomic E-state index is 0.106. The van der Waals surface area contributed by atoms with Gasteiger partial charge in [0.2, 0.25) is 5.28 Å². The summed E-state index contributed by atoms with van der Waals surface area (Å²) in [6.07, 6.45) is 4.33. The van der Waals surface area contributed by atoms with E-state index in [1.54, 1.807) is 23.7 Å². The fourth-order valence-corrected chi connectivity index (χ4v) is 3.80. The van der Waals surface area contributed by atoms with Gasteiger partial charge in [-0.2, -0.15) is 4.98 Å². The Morgan fingerprint density at radius 2 is 2.27 bits per heavy atom. The molecule has 0 spiro atoms. The molecule has 0 aliphatic rings. The van der Waals surface area contributed by atoms with Crippen LogP contribution in [-0.2, 0) is 13.0 Å². The second kappa shape index (κ2) is 6.20. The van der Waals surface area contributed by atoms with Gasteiger partial charge in [-0.05, 0) is 37.4 Å². The minimum absolute atomic E-state index is 0.106. The molecule has 0 bridgehead atoms. The van der Waals surface area contributed by atoms with Crippen LogP contribution in [0.5, 0.6) is 0 Å². The lowest BCUT2D eigenvalue weighted by atomic mass is 10.1. The lowest BCUT2D eigenvalue weighted by Gasteiger charge is -2.05. The predicted molar refractivity (Wildman–Crippen MR) is 90.4 cm³/mol. The number of aryl methyl sites for hydroxylation is 1. The Labute approximate surface area is 137 Å². The normalized spacial score (nSPS) is 12.7. The molecule has 0 unspecified atom stereocenters. The van der Waals surface area contributed by atoms with E-state index in [-0.39, 0.29) is 11.3 Å². The highest BCUT2D eigenvalue weighted by Gasteiger charge is 2.16. The molecule has 3 heterocycles. The SMILES string of the molecule is Cc1c(C[C@H](C)N)sc2c(NCc3ncc[nH]3)nc(Cl)nc12. The molecule has 3 aromatic rings. The second-order valence-corrected chi connectivity index (χ2v) is 6.68. The van der Waals surface area contributed by atoms with E-state index in [9.17, 15) is 0 Å². The van der Waals surface area contributed by atoms with E-state index in [4.69, 9.17) is 17.3 Å². The minimum Gasteiger partial charge on any atom is -0.362 e. The largest absolute Gasteiger partial charge is 0.362 e. The van der Waals surface area contributed by atoms with Crippen molar-refractivity contribution in [2.24, 2.45) is 5.73 Å². The van der Waals surface area contributed by atoms with Crippen LogP contribution < -0.4 is 11.1 Å². The molecule has 6 nitrogen and oxygen atoms in total. The van der Waals surface area contributed by atoms with Crippen molar-refractivity contribution < 1.29 is 0 Å². The number of rotatable bonds is 5. The van der Waals surface area contributed by atoms with Crippen molar-refractivity contribution in [2.45, 2.75) is 32.9 Å². The smallest absolute Gasteiger partial charge is 0.224 e. The zero-order valence-electron chi connectivity index (χ0n) is 12.4. The molecule has 0 saturated heterocycles. The summed E-state index contributed by atoms with van der Waals surface area (Å²) in [5, 5.41) is 3.51. The standard InChI is InChI=1S/C14H17ClN6S/c1-7(16)5-9-8(2)11-12(22-9)13(21-14(15)20-11)19-6-10-17-3-4-18-10/h3-4,7H,5-6,16H2,1-2H3,(H,17,18)(H,19,20,21)/t7-/m0/s1. The Kier molecular flexibility index (Phi) is 4.28. The van der Waals surface area contributed by atoms with Crippen molar-refractivity contribution in [2.75, 3.05) is 5.32 Å². The summed E-state index contributed by atoms with van der Waals surface area (Å²) in [6, 6.07) is 0.106. The monoisotopic (exact) mass is 336 g/mol. The number of nitrogens with zero attached hydrogens (tertiary/aromatic N) is 3. The first kappa shape index (κ1) is 15.2. The first-order valence-electron chi connectivity index (χ1n) is 6.98. The van der Waals surface area contributed by atoms with Crippen LogP contribution in [0, 0.1) is 6.92 Å². The molecular weight excluding hydrogens is 320 g/mol. The maximum atomic E-state index is 6.07. The van der Waals surface area contributed by atoms with E-state index in [2.05, 4.69) is 32.2 Å². The van der Waals surface area contributed by atoms with Crippen molar-refractivity contribution in [3.8, 4) is 0 Å². The van der Waals surface area contributed by atoms with E-state index in [1.807, 2.05) is 6.92 Å². The number of H-pyrrole nitrogens is 1. The average molecular weight is 337 g/mol. The second-order valence-electron chi connectivity index (χ2n) is 5.24. The van der Waals surface area contributed by atoms with Crippen molar-refractivity contribution in [1.82, 2.24) is 19.9 Å². The molecule has 0 amide bonds. The van der Waals surface area contributed by atoms with Crippen LogP contribution in [0.4, 0.5) is 5.82 Å². The number of halogens is 1. The molecule has 8 heteroatoms. The van der Waals surface area contributed by atoms with Gasteiger partial charge in [-0.15, -0.1) is 11.3 Å². The van der Waals surface area contributed by atoms with E-state index < -0.39 is 0 Å². The van der Waals surface area contributed by atoms with Crippen molar-refractivity contribution >= 4 is 39.0 Å². The first-order chi connectivity index (χ1) is 10.5. The maximum absolute atomic E-state index is 6.07. The number of anilines is 1. The molecule has 0 aliphatic heterocycles. The number of nitrogens with one attached hydrogen (secondary N) is 2. The van der Waals surface area contributed by atoms with Crippen molar-refractivity contribution in [3.05, 3.63) is 33.9 Å². The lowest BCUT2D eigenvalue weighted by molar-refractivity contribution is 0.744. The van der Waals surface area contributed by atoms with Crippen LogP contribution in [-0.4, -0.2) is 26.0 Å². The molecule has 0 aliphatic carbocycles. The van der Waals surface area contributed by atoms with Gasteiger partial charge in [0.25, 0.3) is 0 Å². The first-order valence-corrected chi connectivity index (χ1v) is 8.17. The molecule has 4 N–H and O–H groups in total. The summed E-state index contributed by atoms with van der Waals surface area (Å²) >= 11 is 7.73. The van der Waals surface area contributed by atoms with Crippen LogP contribution in [0.2, 0.25) is 5.28 Å². The summed E-state index contributed by atoms with van der Waals surface area (Å²) < 4.78 is 1.00. The molecule has 0 aromatic carbocycles. The van der Waals surface area contributed by atoms with Crippen molar-refractivity contribution in [1.29, 1.82) is 0 Å². The van der Waals surface area contributed by atoms with Gasteiger partial charge in [0.05, 0.1) is 16.8 Å². The Morgan fingerprint density at radius 1 is 1.45 bits per heavy atom. The molecule has 0 saturated carbocycles. The summed E-state index contributed by atoms with van der Waals surface area (Å²) in [7, 11) is 0. The van der Waals surface area contributed by atoms with Crippen LogP contribution in [0.3, 0.4) is 0 Å². The Morgan fingerprint density at radius 3 is 2.95 bits per heavy atom. The third-order valence-corrected chi connectivity index (χ3v) is 4.80. The Hall–Kier alpha value is -1.70. The number of hydrogen-bond donors (Lipinski definition) is 3. The van der Waals surface area contributed by atoms with Crippen LogP contribution in [0.15, 0.2) is 12.4 Å². The molecule has 1 atom stereocenters. The highest BCUT2D eigenvalue weighted by Crippen LogP contribution is 2.35. The summed E-state index contributed by atoms with van der Waals surface area (Å²) in [6.45, 7) is 4.60. The van der Waals surface area contributed by atoms with E-state index in [0.29, 0.717) is 6.54 Å². The molecular formula is C14H17ClN6S. The molecule has 116 valence electrons. The average Bonchev–Trinajstić information content (AvgIpc) is 3.07. The van der Waals surface area contributed by atoms with Gasteiger partial charge in [0.1, 0.15) is 11.6 Å². The van der Waals surface area contributed by atoms with Crippen LogP contribution >= 0.6 is 22.9 Å². The summed E-state index contributed by atoms with van der Waals surface area (Å²) in [4.78, 5) is 17.1. The van der Waals surface area contributed by atoms with E-state index in [0.717, 1.165) is 33.8 Å². The third kappa shape index (κ3) is 3.06. The molecule has 3 rings (SSSR count). The summed E-state index contributed by atoms with van der Waals surface area (Å²) in [5.74, 6) is 1.57. The van der Waals surface area contributed by atoms with Gasteiger partial charge in [-0.25, -0.2) is 9.97 Å². The lowest BCUT2D eigenvalue weighted by Crippen LogP contribution is -2.17.